The van der Waals surface area contributed by atoms with Crippen molar-refractivity contribution in [1.29, 1.82) is 0 Å². The van der Waals surface area contributed by atoms with Crippen molar-refractivity contribution in [1.82, 2.24) is 4.90 Å². The van der Waals surface area contributed by atoms with Gasteiger partial charge in [0.1, 0.15) is 30.1 Å². The van der Waals surface area contributed by atoms with Crippen LogP contribution in [0.3, 0.4) is 0 Å². The van der Waals surface area contributed by atoms with E-state index in [1.165, 1.54) is 4.90 Å². The molecule has 14 heteroatoms. The molecule has 2 saturated heterocycles. The number of methoxy groups -OCH3 is 1. The fraction of sp³-hybridized carbons (Fsp3) is 0.729. The fourth-order valence-corrected chi connectivity index (χ4v) is 9.46. The predicted molar refractivity (Wildman–Crippen MR) is 235 cm³/mol. The number of carbonyl (C=O) groups excluding carboxylic acids is 5. The molecule has 1 aliphatic carbocycles. The minimum atomic E-state index is -1.08. The molecule has 3 heterocycles. The first kappa shape index (κ1) is 50.9. The molecule has 348 valence electrons. The first-order chi connectivity index (χ1) is 29.5. The van der Waals surface area contributed by atoms with E-state index in [9.17, 15) is 34.2 Å². The minimum Gasteiger partial charge on any atom is -0.460 e. The van der Waals surface area contributed by atoms with Crippen molar-refractivity contribution < 1.29 is 53.1 Å². The lowest BCUT2D eigenvalue weighted by atomic mass is 9.81. The van der Waals surface area contributed by atoms with Crippen LogP contribution in [0, 0.1) is 23.7 Å². The van der Waals surface area contributed by atoms with Crippen LogP contribution in [-0.4, -0.2) is 113 Å². The van der Waals surface area contributed by atoms with Crippen molar-refractivity contribution in [2.75, 3.05) is 13.7 Å². The number of piperidine rings is 1. The molecule has 3 fully saturated rings. The Morgan fingerprint density at radius 3 is 2.34 bits per heavy atom. The molecule has 11 atom stereocenters. The summed E-state index contributed by atoms with van der Waals surface area (Å²) in [7, 11) is 1.64. The maximum Gasteiger partial charge on any atom is 0.404 e. The fourth-order valence-electron chi connectivity index (χ4n) is 9.46. The topological polar surface area (TPSA) is 218 Å². The number of hydrogen-bond donors (Lipinski definition) is 4. The summed E-state index contributed by atoms with van der Waals surface area (Å²) in [6.45, 7) is 9.64. The zero-order chi connectivity index (χ0) is 45.5. The van der Waals surface area contributed by atoms with Gasteiger partial charge < -0.3 is 45.5 Å². The van der Waals surface area contributed by atoms with E-state index in [-0.39, 0.29) is 61.2 Å². The molecule has 0 aromatic carbocycles. The van der Waals surface area contributed by atoms with Crippen molar-refractivity contribution >= 4 is 29.5 Å². The predicted octanol–water partition coefficient (Wildman–Crippen LogP) is 5.95. The minimum absolute atomic E-state index is 0.0291. The van der Waals surface area contributed by atoms with Crippen molar-refractivity contribution in [3.05, 3.63) is 47.6 Å². The van der Waals surface area contributed by atoms with Gasteiger partial charge in [-0.2, -0.15) is 0 Å². The highest BCUT2D eigenvalue weighted by Gasteiger charge is 2.42. The van der Waals surface area contributed by atoms with E-state index in [4.69, 9.17) is 30.4 Å². The number of rotatable bonds is 7. The van der Waals surface area contributed by atoms with Crippen LogP contribution < -0.4 is 11.5 Å². The molecule has 14 nitrogen and oxygen atoms in total. The number of carbonyl (C=O) groups is 5. The number of cyclic esters (lactones) is 1. The number of nitrogens with two attached hydrogens (primary N) is 2. The lowest BCUT2D eigenvalue weighted by Gasteiger charge is -2.37. The Bertz CT molecular complexity index is 1630. The van der Waals surface area contributed by atoms with Crippen LogP contribution in [0.5, 0.6) is 0 Å². The third kappa shape index (κ3) is 15.5. The number of ketones is 2. The van der Waals surface area contributed by atoms with Crippen LogP contribution in [0.15, 0.2) is 47.6 Å². The van der Waals surface area contributed by atoms with Gasteiger partial charge in [0.05, 0.1) is 24.4 Å². The molecule has 2 bridgehead atoms. The summed E-state index contributed by atoms with van der Waals surface area (Å²) in [5.74, 6) is -2.76. The van der Waals surface area contributed by atoms with Crippen LogP contribution in [-0.2, 0) is 38.1 Å². The summed E-state index contributed by atoms with van der Waals surface area (Å²) in [6.07, 6.45) is 13.6. The second-order valence-corrected chi connectivity index (χ2v) is 18.5. The average Bonchev–Trinajstić information content (AvgIpc) is 3.24. The first-order valence-corrected chi connectivity index (χ1v) is 23.0. The molecule has 0 spiro atoms. The summed E-state index contributed by atoms with van der Waals surface area (Å²) < 4.78 is 23.5. The highest BCUT2D eigenvalue weighted by Crippen LogP contribution is 2.32. The van der Waals surface area contributed by atoms with Gasteiger partial charge in [-0.3, -0.25) is 14.4 Å². The lowest BCUT2D eigenvalue weighted by molar-refractivity contribution is -0.168. The Morgan fingerprint density at radius 2 is 1.65 bits per heavy atom. The van der Waals surface area contributed by atoms with Gasteiger partial charge in [-0.15, -0.1) is 0 Å². The largest absolute Gasteiger partial charge is 0.460 e. The Kier molecular flexibility index (Phi) is 20.5. The Labute approximate surface area is 368 Å². The van der Waals surface area contributed by atoms with Gasteiger partial charge in [0.15, 0.2) is 0 Å². The number of aliphatic hydroxyl groups excluding tert-OH is 2. The van der Waals surface area contributed by atoms with E-state index in [0.717, 1.165) is 18.4 Å². The molecular formula is C48H75N3O11. The molecular weight excluding hydrogens is 795 g/mol. The van der Waals surface area contributed by atoms with E-state index < -0.39 is 66.2 Å². The van der Waals surface area contributed by atoms with Crippen LogP contribution in [0.4, 0.5) is 4.79 Å². The van der Waals surface area contributed by atoms with Gasteiger partial charge in [-0.05, 0) is 114 Å². The summed E-state index contributed by atoms with van der Waals surface area (Å²) in [4.78, 5) is 68.0. The van der Waals surface area contributed by atoms with Crippen molar-refractivity contribution in [2.24, 2.45) is 35.1 Å². The number of nitrogens with zero attached hydrogens (tertiary/aromatic N) is 1. The third-order valence-electron chi connectivity index (χ3n) is 13.4. The molecule has 62 heavy (non-hydrogen) atoms. The zero-order valence-corrected chi connectivity index (χ0v) is 38.0. The Balaban J connectivity index is 1.59. The quantitative estimate of drug-likeness (QED) is 0.133. The number of ether oxygens (including phenoxy) is 4. The number of esters is 1. The van der Waals surface area contributed by atoms with Crippen LogP contribution in [0.25, 0.3) is 0 Å². The summed E-state index contributed by atoms with van der Waals surface area (Å²) >= 11 is 0. The molecule has 4 unspecified atom stereocenters. The summed E-state index contributed by atoms with van der Waals surface area (Å²) in [5, 5.41) is 22.8. The summed E-state index contributed by atoms with van der Waals surface area (Å²) in [6, 6.07) is -1.68. The molecule has 6 N–H and O–H groups in total. The van der Waals surface area contributed by atoms with Crippen molar-refractivity contribution in [3.8, 4) is 0 Å². The van der Waals surface area contributed by atoms with Crippen LogP contribution >= 0.6 is 0 Å². The monoisotopic (exact) mass is 870 g/mol. The second-order valence-electron chi connectivity index (χ2n) is 18.5. The Hall–Kier alpha value is -3.69. The van der Waals surface area contributed by atoms with E-state index in [1.807, 2.05) is 58.1 Å². The normalized spacial score (nSPS) is 36.9. The maximum atomic E-state index is 14.2. The highest BCUT2D eigenvalue weighted by molar-refractivity contribution is 6.38. The van der Waals surface area contributed by atoms with Crippen molar-refractivity contribution in [2.45, 2.75) is 186 Å². The molecule has 4 rings (SSSR count). The van der Waals surface area contributed by atoms with Gasteiger partial charge in [0, 0.05) is 50.8 Å². The van der Waals surface area contributed by atoms with E-state index in [0.29, 0.717) is 76.2 Å². The summed E-state index contributed by atoms with van der Waals surface area (Å²) in [5.41, 5.74) is 13.3. The third-order valence-corrected chi connectivity index (χ3v) is 13.4. The highest BCUT2D eigenvalue weighted by atomic mass is 16.6. The molecule has 1 saturated carbocycles. The number of Topliss-reactive ketones (excluding diaryl/α,β-unsaturated/α-hetero) is 2. The zero-order valence-electron chi connectivity index (χ0n) is 38.0. The Morgan fingerprint density at radius 1 is 0.919 bits per heavy atom. The van der Waals surface area contributed by atoms with Gasteiger partial charge in [-0.1, -0.05) is 57.2 Å². The number of amides is 2. The van der Waals surface area contributed by atoms with Gasteiger partial charge >= 0.3 is 12.1 Å². The van der Waals surface area contributed by atoms with Gasteiger partial charge in [0.2, 0.25) is 5.78 Å². The molecule has 3 aliphatic heterocycles. The van der Waals surface area contributed by atoms with Crippen molar-refractivity contribution in [3.63, 3.8) is 0 Å². The van der Waals surface area contributed by atoms with E-state index >= 15 is 0 Å². The molecule has 2 amide bonds. The molecule has 0 aromatic heterocycles. The molecule has 0 radical (unpaired) electrons. The maximum absolute atomic E-state index is 14.2. The number of aliphatic hydroxyl groups is 2. The lowest BCUT2D eigenvalue weighted by Crippen LogP contribution is -2.54. The number of primary amides is 1. The number of allylic oxidation sites excluding steroid dienone is 5. The van der Waals surface area contributed by atoms with Crippen LogP contribution in [0.1, 0.15) is 131 Å². The van der Waals surface area contributed by atoms with Crippen LogP contribution in [0.2, 0.25) is 0 Å². The number of fused-ring (bicyclic) bond motifs is 3. The smallest absolute Gasteiger partial charge is 0.404 e. The first-order valence-electron chi connectivity index (χ1n) is 23.0. The number of hydrogen-bond acceptors (Lipinski definition) is 12. The second kappa shape index (κ2) is 25.0. The molecule has 0 aromatic rings. The SMILES string of the molecule is CO[C@H]1C[C@@H]2CCCC(O2)C(=O)C(=O)N2CCCC[C@H]2C(=O)OC(CC(O)[C@H](N)C[C@H]2CC[C@H](OC(N)=O)CC2)C(C)/C=C(\C)[C@@H](O)CC(=O)[C@H](C)C[C@H](C)/C=C/C=C/C=C/1C. The molecule has 4 aliphatic rings. The standard InChI is InChI=1S/C48H75N3O11/c1-29-13-8-7-9-14-30(2)43(59-6)26-36-15-12-17-42(60-36)45(55)46(56)51-22-11-10-16-38(51)47(57)62-44(33(5)24-32(4)40(53)27-39(52)31(3)23-29)28-41(54)37(49)25-34-18-20-35(21-19-34)61-48(50)58/h7-9,13-14,24,29,31,33-38,40-44,53-54H,10-12,15-23,25-28,49H2,1-6H3,(H2,50,58)/b9-7+,13-8+,30-14+,32-24+/t29-,31-,33?,34-,35-,36+,37-,38+,40+,41?,42?,43+,44?/m1/s1. The van der Waals surface area contributed by atoms with E-state index in [1.54, 1.807) is 20.1 Å². The van der Waals surface area contributed by atoms with Gasteiger partial charge in [0.25, 0.3) is 5.91 Å². The van der Waals surface area contributed by atoms with Gasteiger partial charge in [-0.25, -0.2) is 9.59 Å². The average molecular weight is 870 g/mol. The van der Waals surface area contributed by atoms with E-state index in [2.05, 4.69) is 0 Å².